The molecule has 2 saturated carbocycles. The minimum atomic E-state index is -2.80. The van der Waals surface area contributed by atoms with E-state index >= 15 is 4.79 Å². The fourth-order valence-electron chi connectivity index (χ4n) is 9.09. The molecule has 0 spiro atoms. The lowest BCUT2D eigenvalue weighted by Gasteiger charge is -2.46. The van der Waals surface area contributed by atoms with Gasteiger partial charge in [-0.1, -0.05) is 108 Å². The molecule has 7 heteroatoms. The molecule has 0 unspecified atom stereocenters. The minimum Gasteiger partial charge on any atom is -0.407 e. The number of carbonyl (C=O) groups is 1. The number of ketones is 1. The summed E-state index contributed by atoms with van der Waals surface area (Å²) in [5, 5.41) is 14.4. The van der Waals surface area contributed by atoms with Crippen LogP contribution in [-0.4, -0.2) is 64.6 Å². The Hall–Kier alpha value is -2.31. The molecule has 7 atom stereocenters. The topological polar surface area (TPSA) is 74.2 Å². The molecule has 258 valence electrons. The van der Waals surface area contributed by atoms with E-state index in [2.05, 4.69) is 96.0 Å². The van der Waals surface area contributed by atoms with E-state index in [0.29, 0.717) is 25.9 Å². The van der Waals surface area contributed by atoms with E-state index in [1.54, 1.807) is 14.2 Å². The summed E-state index contributed by atoms with van der Waals surface area (Å²) in [5.41, 5.74) is -3.59. The predicted octanol–water partition coefficient (Wildman–Crippen LogP) is 6.24. The third kappa shape index (κ3) is 6.55. The molecule has 47 heavy (non-hydrogen) atoms. The molecule has 6 nitrogen and oxygen atoms in total. The first-order chi connectivity index (χ1) is 22.2. The molecule has 0 bridgehead atoms. The normalized spacial score (nSPS) is 30.4. The highest BCUT2D eigenvalue weighted by Crippen LogP contribution is 2.58. The summed E-state index contributed by atoms with van der Waals surface area (Å²) in [7, 11) is 0.433. The third-order valence-electron chi connectivity index (χ3n) is 11.6. The summed E-state index contributed by atoms with van der Waals surface area (Å²) in [5.74, 6) is 2.02. The van der Waals surface area contributed by atoms with Gasteiger partial charge in [-0.05, 0) is 65.8 Å². The molecule has 0 aliphatic heterocycles. The molecule has 2 aromatic carbocycles. The van der Waals surface area contributed by atoms with E-state index < -0.39 is 30.9 Å². The number of rotatable bonds is 14. The van der Waals surface area contributed by atoms with Crippen molar-refractivity contribution in [3.8, 4) is 12.3 Å². The molecule has 0 heterocycles. The van der Waals surface area contributed by atoms with Crippen LogP contribution in [0.1, 0.15) is 74.1 Å². The number of ether oxygens (including phenoxy) is 3. The summed E-state index contributed by atoms with van der Waals surface area (Å²) in [4.78, 5) is 15.2. The van der Waals surface area contributed by atoms with Crippen LogP contribution < -0.4 is 10.4 Å². The van der Waals surface area contributed by atoms with Crippen molar-refractivity contribution in [2.75, 3.05) is 34.2 Å². The Bertz CT molecular complexity index is 1330. The maximum Gasteiger partial charge on any atom is 0.261 e. The van der Waals surface area contributed by atoms with Crippen LogP contribution in [-0.2, 0) is 23.4 Å². The van der Waals surface area contributed by atoms with Gasteiger partial charge in [-0.15, -0.1) is 6.42 Å². The lowest BCUT2D eigenvalue weighted by Crippen LogP contribution is -2.67. The van der Waals surface area contributed by atoms with Gasteiger partial charge in [0.05, 0.1) is 17.9 Å². The zero-order valence-corrected chi connectivity index (χ0v) is 31.2. The number of benzene rings is 2. The quantitative estimate of drug-likeness (QED) is 0.147. The first-order valence-electron chi connectivity index (χ1n) is 17.3. The second kappa shape index (κ2) is 14.7. The average Bonchev–Trinajstić information content (AvgIpc) is 3.56. The number of carbonyl (C=O) groups excluding carboxylic acids is 1. The van der Waals surface area contributed by atoms with Gasteiger partial charge in [-0.3, -0.25) is 4.79 Å². The van der Waals surface area contributed by atoms with E-state index in [0.717, 1.165) is 6.42 Å². The second-order valence-electron chi connectivity index (χ2n) is 15.7. The Morgan fingerprint density at radius 3 is 2.02 bits per heavy atom. The van der Waals surface area contributed by atoms with Gasteiger partial charge in [-0.2, -0.15) is 0 Å². The van der Waals surface area contributed by atoms with E-state index in [4.69, 9.17) is 25.1 Å². The first-order valence-corrected chi connectivity index (χ1v) is 19.2. The van der Waals surface area contributed by atoms with Crippen molar-refractivity contribution in [2.24, 2.45) is 35.0 Å². The molecule has 0 amide bonds. The molecule has 2 aliphatic rings. The Balaban J connectivity index is 1.78. The molecule has 1 N–H and O–H groups in total. The van der Waals surface area contributed by atoms with E-state index in [-0.39, 0.29) is 47.9 Å². The van der Waals surface area contributed by atoms with Gasteiger partial charge < -0.3 is 23.7 Å². The average molecular weight is 663 g/mol. The van der Waals surface area contributed by atoms with Crippen molar-refractivity contribution in [3.05, 3.63) is 60.7 Å². The lowest BCUT2D eigenvalue weighted by molar-refractivity contribution is -0.188. The molecule has 2 aromatic rings. The maximum atomic E-state index is 15.2. The van der Waals surface area contributed by atoms with Crippen molar-refractivity contribution in [1.29, 1.82) is 0 Å². The van der Waals surface area contributed by atoms with Crippen LogP contribution in [0.15, 0.2) is 60.7 Å². The third-order valence-corrected chi connectivity index (χ3v) is 16.6. The maximum absolute atomic E-state index is 15.2. The molecule has 2 fully saturated rings. The summed E-state index contributed by atoms with van der Waals surface area (Å²) in [6.45, 7) is 15.8. The number of methoxy groups -OCH3 is 2. The first kappa shape index (κ1) is 37.5. The Morgan fingerprint density at radius 2 is 1.55 bits per heavy atom. The smallest absolute Gasteiger partial charge is 0.261 e. The Morgan fingerprint density at radius 1 is 0.979 bits per heavy atom. The number of hydrogen-bond acceptors (Lipinski definition) is 6. The fourth-order valence-corrected chi connectivity index (χ4v) is 13.8. The van der Waals surface area contributed by atoms with Crippen molar-refractivity contribution in [2.45, 2.75) is 90.4 Å². The van der Waals surface area contributed by atoms with Gasteiger partial charge in [0.15, 0.2) is 0 Å². The standard InChI is InChI=1S/C40H58O6Si/c1-11-40(42)34(29(2)3)23-24-38(40,8)36(41)35-33(22-25-39(35,27-43-9)45-28-44-10)30(4)26-46-47(37(5,6)7,31-18-14-12-15-19-31)32-20-16-13-17-21-32/h1,12-21,29-30,33-35,42H,22-28H2,2-10H3/t30-,33-,34-,35+,38+,39-,40-/m0/s1. The van der Waals surface area contributed by atoms with Crippen LogP contribution in [0, 0.1) is 47.3 Å². The van der Waals surface area contributed by atoms with Gasteiger partial charge in [0.1, 0.15) is 23.8 Å². The molecular formula is C40H58O6Si. The van der Waals surface area contributed by atoms with Crippen molar-refractivity contribution >= 4 is 24.5 Å². The lowest BCUT2D eigenvalue weighted by atomic mass is 9.62. The van der Waals surface area contributed by atoms with E-state index in [9.17, 15) is 5.11 Å². The monoisotopic (exact) mass is 662 g/mol. The molecule has 4 rings (SSSR count). The molecule has 2 aliphatic carbocycles. The predicted molar refractivity (Wildman–Crippen MR) is 191 cm³/mol. The molecule has 0 radical (unpaired) electrons. The van der Waals surface area contributed by atoms with Gasteiger partial charge in [0, 0.05) is 26.7 Å². The van der Waals surface area contributed by atoms with Crippen LogP contribution in [0.25, 0.3) is 0 Å². The van der Waals surface area contributed by atoms with Crippen molar-refractivity contribution in [3.63, 3.8) is 0 Å². The SMILES string of the molecule is C#C[C@]1(O)[C@H](C(C)C)CC[C@]1(C)C(=O)[C@H]1[C@H]([C@@H](C)CO[Si](c2ccccc2)(c2ccccc2)C(C)(C)C)CC[C@@]1(COC)OCOC. The molecule has 0 saturated heterocycles. The van der Waals surface area contributed by atoms with Crippen LogP contribution in [0.4, 0.5) is 0 Å². The largest absolute Gasteiger partial charge is 0.407 e. The minimum absolute atomic E-state index is 0.000280. The summed E-state index contributed by atoms with van der Waals surface area (Å²) < 4.78 is 25.0. The highest BCUT2D eigenvalue weighted by Gasteiger charge is 2.66. The number of Topliss-reactive ketones (excluding diaryl/α,β-unsaturated/α-hetero) is 1. The van der Waals surface area contributed by atoms with Crippen LogP contribution in [0.3, 0.4) is 0 Å². The van der Waals surface area contributed by atoms with E-state index in [1.807, 2.05) is 19.1 Å². The van der Waals surface area contributed by atoms with Gasteiger partial charge in [-0.25, -0.2) is 0 Å². The Kier molecular flexibility index (Phi) is 11.7. The highest BCUT2D eigenvalue weighted by molar-refractivity contribution is 6.99. The summed E-state index contributed by atoms with van der Waals surface area (Å²) in [6, 6.07) is 21.3. The van der Waals surface area contributed by atoms with Gasteiger partial charge >= 0.3 is 0 Å². The van der Waals surface area contributed by atoms with E-state index in [1.165, 1.54) is 10.4 Å². The van der Waals surface area contributed by atoms with Crippen LogP contribution >= 0.6 is 0 Å². The summed E-state index contributed by atoms with van der Waals surface area (Å²) >= 11 is 0. The number of hydrogen-bond donors (Lipinski definition) is 1. The summed E-state index contributed by atoms with van der Waals surface area (Å²) in [6.07, 6.45) is 8.72. The second-order valence-corrected chi connectivity index (χ2v) is 20.0. The fraction of sp³-hybridized carbons (Fsp3) is 0.625. The van der Waals surface area contributed by atoms with Crippen LogP contribution in [0.5, 0.6) is 0 Å². The zero-order valence-electron chi connectivity index (χ0n) is 30.2. The molecular weight excluding hydrogens is 605 g/mol. The van der Waals surface area contributed by atoms with Crippen LogP contribution in [0.2, 0.25) is 5.04 Å². The highest BCUT2D eigenvalue weighted by atomic mass is 28.4. The number of terminal acetylenes is 1. The molecule has 0 aromatic heterocycles. The zero-order chi connectivity index (χ0) is 34.7. The number of aliphatic hydroxyl groups is 1. The van der Waals surface area contributed by atoms with Gasteiger partial charge in [0.25, 0.3) is 8.32 Å². The van der Waals surface area contributed by atoms with Crippen molar-refractivity contribution in [1.82, 2.24) is 0 Å². The van der Waals surface area contributed by atoms with Gasteiger partial charge in [0.2, 0.25) is 0 Å². The Labute approximate surface area is 285 Å². The van der Waals surface area contributed by atoms with Crippen molar-refractivity contribution < 1.29 is 28.5 Å².